The van der Waals surface area contributed by atoms with E-state index in [4.69, 9.17) is 20.8 Å². The molecule has 3 aromatic rings. The molecule has 0 saturated carbocycles. The van der Waals surface area contributed by atoms with E-state index in [-0.39, 0.29) is 0 Å². The van der Waals surface area contributed by atoms with Gasteiger partial charge >= 0.3 is 0 Å². The number of morpholine rings is 1. The molecule has 1 saturated heterocycles. The van der Waals surface area contributed by atoms with Gasteiger partial charge in [0.1, 0.15) is 16.4 Å². The summed E-state index contributed by atoms with van der Waals surface area (Å²) in [6, 6.07) is 3.78. The Balaban J connectivity index is 1.80. The highest BCUT2D eigenvalue weighted by atomic mass is 127. The van der Waals surface area contributed by atoms with Gasteiger partial charge in [-0.05, 0) is 22.0 Å². The molecule has 0 N–H and O–H groups in total. The highest BCUT2D eigenvalue weighted by Gasteiger charge is 2.19. The average molecular weight is 463 g/mol. The summed E-state index contributed by atoms with van der Waals surface area (Å²) in [7, 11) is 0. The molecular formula is C14H13ClIN4O2P. The molecule has 4 heterocycles. The molecule has 1 aliphatic rings. The molecule has 1 fully saturated rings. The predicted molar refractivity (Wildman–Crippen MR) is 101 cm³/mol. The molecule has 0 bridgehead atoms. The third-order valence-electron chi connectivity index (χ3n) is 3.73. The van der Waals surface area contributed by atoms with Gasteiger partial charge < -0.3 is 14.1 Å². The number of aromatic nitrogens is 3. The zero-order valence-electron chi connectivity index (χ0n) is 12.0. The summed E-state index contributed by atoms with van der Waals surface area (Å²) in [4.78, 5) is 6.62. The lowest BCUT2D eigenvalue weighted by Crippen LogP contribution is -2.36. The number of furan rings is 1. The molecule has 0 radical (unpaired) electrons. The van der Waals surface area contributed by atoms with Gasteiger partial charge in [0.25, 0.3) is 0 Å². The molecular weight excluding hydrogens is 450 g/mol. The molecule has 0 amide bonds. The SMILES string of the molecule is Clc1cc(N2CCOCC2)c2oc(-c3cnn(PI)c3)cc2n1. The Morgan fingerprint density at radius 3 is 2.83 bits per heavy atom. The Morgan fingerprint density at radius 2 is 2.09 bits per heavy atom. The molecule has 0 aromatic carbocycles. The van der Waals surface area contributed by atoms with Gasteiger partial charge in [0.15, 0.2) is 5.58 Å². The first-order valence-electron chi connectivity index (χ1n) is 7.09. The van der Waals surface area contributed by atoms with Gasteiger partial charge in [-0.25, -0.2) is 9.44 Å². The summed E-state index contributed by atoms with van der Waals surface area (Å²) in [6.07, 6.45) is 4.33. The Morgan fingerprint density at radius 1 is 1.26 bits per heavy atom. The Bertz CT molecular complexity index is 847. The van der Waals surface area contributed by atoms with E-state index in [0.29, 0.717) is 24.7 Å². The summed E-state index contributed by atoms with van der Waals surface area (Å²) < 4.78 is 13.4. The summed E-state index contributed by atoms with van der Waals surface area (Å²) in [6.45, 7) is 3.05. The maximum atomic E-state index is 6.20. The lowest BCUT2D eigenvalue weighted by atomic mass is 10.2. The molecule has 0 spiro atoms. The van der Waals surface area contributed by atoms with E-state index in [1.165, 1.54) is 0 Å². The van der Waals surface area contributed by atoms with Gasteiger partial charge in [-0.1, -0.05) is 11.6 Å². The van der Waals surface area contributed by atoms with Crippen LogP contribution in [0.2, 0.25) is 5.15 Å². The minimum atomic E-state index is 0.468. The van der Waals surface area contributed by atoms with Crippen molar-refractivity contribution < 1.29 is 9.15 Å². The first kappa shape index (κ1) is 15.6. The van der Waals surface area contributed by atoms with Crippen molar-refractivity contribution in [3.05, 3.63) is 29.7 Å². The monoisotopic (exact) mass is 462 g/mol. The van der Waals surface area contributed by atoms with Crippen LogP contribution in [0, 0.1) is 0 Å². The quantitative estimate of drug-likeness (QED) is 0.335. The number of hydrogen-bond acceptors (Lipinski definition) is 5. The number of pyridine rings is 1. The van der Waals surface area contributed by atoms with Gasteiger partial charge in [-0.15, -0.1) is 0 Å². The second-order valence-electron chi connectivity index (χ2n) is 5.15. The first-order chi connectivity index (χ1) is 11.2. The van der Waals surface area contributed by atoms with Crippen LogP contribution in [-0.2, 0) is 4.74 Å². The predicted octanol–water partition coefficient (Wildman–Crippen LogP) is 3.97. The lowest BCUT2D eigenvalue weighted by molar-refractivity contribution is 0.122. The minimum Gasteiger partial charge on any atom is -0.452 e. The molecule has 1 unspecified atom stereocenters. The Labute approximate surface area is 152 Å². The van der Waals surface area contributed by atoms with Crippen LogP contribution in [0.3, 0.4) is 0 Å². The van der Waals surface area contributed by atoms with E-state index in [2.05, 4.69) is 37.0 Å². The second-order valence-corrected chi connectivity index (χ2v) is 7.61. The van der Waals surface area contributed by atoms with Crippen molar-refractivity contribution >= 4 is 56.8 Å². The van der Waals surface area contributed by atoms with Crippen LogP contribution in [0.25, 0.3) is 22.4 Å². The van der Waals surface area contributed by atoms with Crippen molar-refractivity contribution in [2.45, 2.75) is 0 Å². The molecule has 1 atom stereocenters. The van der Waals surface area contributed by atoms with Gasteiger partial charge in [0.2, 0.25) is 0 Å². The number of halogens is 2. The maximum Gasteiger partial charge on any atom is 0.176 e. The number of anilines is 1. The fourth-order valence-electron chi connectivity index (χ4n) is 2.65. The molecule has 6 nitrogen and oxygen atoms in total. The van der Waals surface area contributed by atoms with Crippen molar-refractivity contribution in [2.24, 2.45) is 0 Å². The van der Waals surface area contributed by atoms with E-state index < -0.39 is 0 Å². The fraction of sp³-hybridized carbons (Fsp3) is 0.286. The van der Waals surface area contributed by atoms with Gasteiger partial charge in [0, 0.05) is 31.4 Å². The van der Waals surface area contributed by atoms with Crippen molar-refractivity contribution in [2.75, 3.05) is 31.2 Å². The number of nitrogens with zero attached hydrogens (tertiary/aromatic N) is 4. The third-order valence-corrected chi connectivity index (χ3v) is 5.83. The topological polar surface area (TPSA) is 56.3 Å². The van der Waals surface area contributed by atoms with Crippen LogP contribution in [0.1, 0.15) is 0 Å². The lowest BCUT2D eigenvalue weighted by Gasteiger charge is -2.28. The van der Waals surface area contributed by atoms with Crippen molar-refractivity contribution in [3.8, 4) is 11.3 Å². The number of rotatable bonds is 3. The minimum absolute atomic E-state index is 0.468. The smallest absolute Gasteiger partial charge is 0.176 e. The zero-order chi connectivity index (χ0) is 15.8. The van der Waals surface area contributed by atoms with E-state index in [0.717, 1.165) is 41.2 Å². The van der Waals surface area contributed by atoms with E-state index >= 15 is 0 Å². The van der Waals surface area contributed by atoms with Crippen LogP contribution in [0.4, 0.5) is 5.69 Å². The van der Waals surface area contributed by atoms with Crippen LogP contribution in [0.5, 0.6) is 0 Å². The van der Waals surface area contributed by atoms with Crippen molar-refractivity contribution in [1.29, 1.82) is 0 Å². The van der Waals surface area contributed by atoms with Crippen LogP contribution >= 0.6 is 40.0 Å². The van der Waals surface area contributed by atoms with Crippen LogP contribution < -0.4 is 4.90 Å². The summed E-state index contributed by atoms with van der Waals surface area (Å²) in [5.41, 5.74) is 3.43. The standard InChI is InChI=1S/C14H13ClIN4O2P/c15-13-6-11(19-1-3-21-4-2-19)14-10(18-13)5-12(22-14)9-7-17-20(8-9)23-16/h5-8,23H,1-4H2. The third kappa shape index (κ3) is 3.07. The molecule has 23 heavy (non-hydrogen) atoms. The summed E-state index contributed by atoms with van der Waals surface area (Å²) >= 11 is 8.49. The van der Waals surface area contributed by atoms with E-state index in [9.17, 15) is 0 Å². The molecule has 1 aliphatic heterocycles. The fourth-order valence-corrected chi connectivity index (χ4v) is 3.93. The summed E-state index contributed by atoms with van der Waals surface area (Å²) in [5, 5.41) is 4.77. The van der Waals surface area contributed by atoms with Gasteiger partial charge in [0.05, 0.1) is 37.0 Å². The normalized spacial score (nSPS) is 16.0. The highest BCUT2D eigenvalue weighted by molar-refractivity contribution is 14.2. The Hall–Kier alpha value is -0.890. The second kappa shape index (κ2) is 6.55. The largest absolute Gasteiger partial charge is 0.452 e. The molecule has 0 aliphatic carbocycles. The zero-order valence-corrected chi connectivity index (χ0v) is 15.9. The molecule has 3 aromatic heterocycles. The van der Waals surface area contributed by atoms with E-state index in [1.54, 1.807) is 6.20 Å². The molecule has 120 valence electrons. The maximum absolute atomic E-state index is 6.20. The van der Waals surface area contributed by atoms with Crippen LogP contribution in [0.15, 0.2) is 28.9 Å². The molecule has 9 heteroatoms. The molecule has 4 rings (SSSR count). The van der Waals surface area contributed by atoms with Crippen LogP contribution in [-0.4, -0.2) is 40.8 Å². The highest BCUT2D eigenvalue weighted by Crippen LogP contribution is 2.35. The number of ether oxygens (including phenoxy) is 1. The number of hydrogen-bond donors (Lipinski definition) is 0. The average Bonchev–Trinajstić information content (AvgIpc) is 3.21. The van der Waals surface area contributed by atoms with Gasteiger partial charge in [-0.2, -0.15) is 5.10 Å². The van der Waals surface area contributed by atoms with Crippen molar-refractivity contribution in [3.63, 3.8) is 0 Å². The van der Waals surface area contributed by atoms with E-state index in [1.807, 2.05) is 22.8 Å². The van der Waals surface area contributed by atoms with Crippen molar-refractivity contribution in [1.82, 2.24) is 14.5 Å². The summed E-state index contributed by atoms with van der Waals surface area (Å²) in [5.74, 6) is 0.755. The number of fused-ring (bicyclic) bond motifs is 1. The Kier molecular flexibility index (Phi) is 4.45. The van der Waals surface area contributed by atoms with Gasteiger partial charge in [-0.3, -0.25) is 0 Å². The first-order valence-corrected chi connectivity index (χ1v) is 11.5.